The quantitative estimate of drug-likeness (QED) is 0.726. The number of likely N-dealkylation sites (tertiary alicyclic amines) is 1. The van der Waals surface area contributed by atoms with Crippen LogP contribution >= 0.6 is 0 Å². The van der Waals surface area contributed by atoms with Crippen LogP contribution in [0.15, 0.2) is 18.2 Å². The highest BCUT2D eigenvalue weighted by Crippen LogP contribution is 2.32. The molecule has 4 heteroatoms. The molecule has 0 amide bonds. The Morgan fingerprint density at radius 3 is 2.79 bits per heavy atom. The maximum atomic E-state index is 9.87. The molecule has 0 spiro atoms. The highest BCUT2D eigenvalue weighted by Gasteiger charge is 2.34. The number of phenols is 2. The number of hydrogen-bond acceptors (Lipinski definition) is 4. The molecule has 1 aliphatic carbocycles. The topological polar surface area (TPSA) is 55.7 Å². The van der Waals surface area contributed by atoms with Crippen molar-refractivity contribution >= 4 is 0 Å². The molecule has 3 N–H and O–H groups in total. The maximum Gasteiger partial charge on any atom is 0.120 e. The average Bonchev–Trinajstić information content (AvgIpc) is 3.13. The van der Waals surface area contributed by atoms with Gasteiger partial charge in [-0.2, -0.15) is 0 Å². The monoisotopic (exact) mass is 262 g/mol. The summed E-state index contributed by atoms with van der Waals surface area (Å²) in [6.07, 6.45) is 3.88. The summed E-state index contributed by atoms with van der Waals surface area (Å²) >= 11 is 0. The van der Waals surface area contributed by atoms with Crippen molar-refractivity contribution in [2.45, 2.75) is 44.3 Å². The van der Waals surface area contributed by atoms with E-state index in [1.54, 1.807) is 12.1 Å². The molecule has 3 rings (SSSR count). The standard InChI is InChI=1S/C15H22N2O2/c1-10(14-8-13(18)4-5-15(14)19)16-11-6-7-17(9-11)12-2-3-12/h4-5,8,10-12,16,18-19H,2-3,6-7,9H2,1H3. The van der Waals surface area contributed by atoms with Gasteiger partial charge in [0.1, 0.15) is 11.5 Å². The van der Waals surface area contributed by atoms with Crippen LogP contribution in [0, 0.1) is 0 Å². The van der Waals surface area contributed by atoms with Crippen molar-refractivity contribution in [1.82, 2.24) is 10.2 Å². The summed E-state index contributed by atoms with van der Waals surface area (Å²) in [6.45, 7) is 4.32. The largest absolute Gasteiger partial charge is 0.508 e. The van der Waals surface area contributed by atoms with Crippen molar-refractivity contribution < 1.29 is 10.2 Å². The number of nitrogens with zero attached hydrogens (tertiary/aromatic N) is 1. The van der Waals surface area contributed by atoms with Gasteiger partial charge in [-0.3, -0.25) is 4.90 Å². The lowest BCUT2D eigenvalue weighted by molar-refractivity contribution is 0.313. The number of phenolic OH excluding ortho intramolecular Hbond substituents is 2. The van der Waals surface area contributed by atoms with Gasteiger partial charge in [0.05, 0.1) is 0 Å². The number of rotatable bonds is 4. The zero-order chi connectivity index (χ0) is 13.4. The number of benzene rings is 1. The molecule has 1 aromatic rings. The molecule has 1 aromatic carbocycles. The lowest BCUT2D eigenvalue weighted by Gasteiger charge is -2.21. The van der Waals surface area contributed by atoms with Crippen molar-refractivity contribution in [2.24, 2.45) is 0 Å². The van der Waals surface area contributed by atoms with E-state index in [9.17, 15) is 10.2 Å². The number of nitrogens with one attached hydrogen (secondary N) is 1. The van der Waals surface area contributed by atoms with Crippen LogP contribution < -0.4 is 5.32 Å². The molecule has 2 atom stereocenters. The molecule has 2 fully saturated rings. The first-order valence-electron chi connectivity index (χ1n) is 7.15. The van der Waals surface area contributed by atoms with E-state index in [4.69, 9.17) is 0 Å². The van der Waals surface area contributed by atoms with Crippen LogP contribution in [0.5, 0.6) is 11.5 Å². The summed E-state index contributed by atoms with van der Waals surface area (Å²) in [7, 11) is 0. The lowest BCUT2D eigenvalue weighted by Crippen LogP contribution is -2.35. The van der Waals surface area contributed by atoms with Gasteiger partial charge in [-0.25, -0.2) is 0 Å². The first-order valence-corrected chi connectivity index (χ1v) is 7.15. The third-order valence-electron chi connectivity index (χ3n) is 4.25. The van der Waals surface area contributed by atoms with Gasteiger partial charge >= 0.3 is 0 Å². The van der Waals surface area contributed by atoms with Crippen LogP contribution in [0.25, 0.3) is 0 Å². The fourth-order valence-corrected chi connectivity index (χ4v) is 3.03. The minimum Gasteiger partial charge on any atom is -0.508 e. The van der Waals surface area contributed by atoms with Gasteiger partial charge < -0.3 is 15.5 Å². The minimum absolute atomic E-state index is 0.0521. The molecule has 1 aliphatic heterocycles. The molecule has 4 nitrogen and oxygen atoms in total. The molecule has 104 valence electrons. The Hall–Kier alpha value is -1.26. The van der Waals surface area contributed by atoms with E-state index in [-0.39, 0.29) is 17.5 Å². The number of aromatic hydroxyl groups is 2. The lowest BCUT2D eigenvalue weighted by atomic mass is 10.1. The molecule has 19 heavy (non-hydrogen) atoms. The summed E-state index contributed by atoms with van der Waals surface area (Å²) in [5.74, 6) is 0.447. The van der Waals surface area contributed by atoms with Crippen LogP contribution in [0.3, 0.4) is 0 Å². The van der Waals surface area contributed by atoms with Crippen molar-refractivity contribution in [3.8, 4) is 11.5 Å². The van der Waals surface area contributed by atoms with E-state index in [0.29, 0.717) is 6.04 Å². The van der Waals surface area contributed by atoms with Crippen molar-refractivity contribution in [1.29, 1.82) is 0 Å². The molecule has 1 heterocycles. The predicted octanol–water partition coefficient (Wildman–Crippen LogP) is 1.99. The van der Waals surface area contributed by atoms with Gasteiger partial charge in [0.25, 0.3) is 0 Å². The average molecular weight is 262 g/mol. The second-order valence-electron chi connectivity index (χ2n) is 5.84. The summed E-state index contributed by atoms with van der Waals surface area (Å²) in [5.41, 5.74) is 0.768. The van der Waals surface area contributed by atoms with Gasteiger partial charge in [-0.15, -0.1) is 0 Å². The summed E-state index contributed by atoms with van der Waals surface area (Å²) in [5, 5.41) is 23.0. The zero-order valence-corrected chi connectivity index (χ0v) is 11.3. The molecule has 2 unspecified atom stereocenters. The molecule has 0 bridgehead atoms. The van der Waals surface area contributed by atoms with E-state index < -0.39 is 0 Å². The van der Waals surface area contributed by atoms with E-state index in [1.165, 1.54) is 31.9 Å². The van der Waals surface area contributed by atoms with Crippen molar-refractivity contribution in [3.63, 3.8) is 0 Å². The van der Waals surface area contributed by atoms with E-state index in [2.05, 4.69) is 10.2 Å². The Labute approximate surface area is 114 Å². The fourth-order valence-electron chi connectivity index (χ4n) is 3.03. The third-order valence-corrected chi connectivity index (χ3v) is 4.25. The van der Waals surface area contributed by atoms with Crippen LogP contribution in [-0.2, 0) is 0 Å². The molecule has 0 aromatic heterocycles. The third kappa shape index (κ3) is 2.85. The first kappa shape index (κ1) is 12.8. The van der Waals surface area contributed by atoms with E-state index in [1.807, 2.05) is 6.92 Å². The molecule has 1 saturated carbocycles. The second-order valence-corrected chi connectivity index (χ2v) is 5.84. The van der Waals surface area contributed by atoms with Gasteiger partial charge in [0.15, 0.2) is 0 Å². The van der Waals surface area contributed by atoms with Crippen molar-refractivity contribution in [3.05, 3.63) is 23.8 Å². The van der Waals surface area contributed by atoms with Gasteiger partial charge in [0, 0.05) is 36.8 Å². The Bertz CT molecular complexity index is 459. The highest BCUT2D eigenvalue weighted by atomic mass is 16.3. The normalized spacial score (nSPS) is 25.6. The van der Waals surface area contributed by atoms with Crippen LogP contribution in [0.4, 0.5) is 0 Å². The van der Waals surface area contributed by atoms with Gasteiger partial charge in [-0.05, 0) is 44.4 Å². The summed E-state index contributed by atoms with van der Waals surface area (Å²) in [6, 6.07) is 6.06. The maximum absolute atomic E-state index is 9.87. The van der Waals surface area contributed by atoms with Crippen LogP contribution in [0.1, 0.15) is 37.8 Å². The Balaban J connectivity index is 1.61. The first-order chi connectivity index (χ1) is 9.13. The molecular weight excluding hydrogens is 240 g/mol. The summed E-state index contributed by atoms with van der Waals surface area (Å²) in [4.78, 5) is 2.56. The summed E-state index contributed by atoms with van der Waals surface area (Å²) < 4.78 is 0. The molecule has 2 aliphatic rings. The van der Waals surface area contributed by atoms with E-state index >= 15 is 0 Å². The SMILES string of the molecule is CC(NC1CCN(C2CC2)C1)c1cc(O)ccc1O. The van der Waals surface area contributed by atoms with Gasteiger partial charge in [-0.1, -0.05) is 0 Å². The van der Waals surface area contributed by atoms with Crippen LogP contribution in [-0.4, -0.2) is 40.3 Å². The Morgan fingerprint density at radius 2 is 2.05 bits per heavy atom. The predicted molar refractivity (Wildman–Crippen MR) is 74.3 cm³/mol. The second kappa shape index (κ2) is 5.02. The van der Waals surface area contributed by atoms with Crippen LogP contribution in [0.2, 0.25) is 0 Å². The highest BCUT2D eigenvalue weighted by molar-refractivity contribution is 5.40. The van der Waals surface area contributed by atoms with Crippen molar-refractivity contribution in [2.75, 3.05) is 13.1 Å². The molecular formula is C15H22N2O2. The van der Waals surface area contributed by atoms with Gasteiger partial charge in [0.2, 0.25) is 0 Å². The number of hydrogen-bond donors (Lipinski definition) is 3. The Kier molecular flexibility index (Phi) is 3.37. The smallest absolute Gasteiger partial charge is 0.120 e. The molecule has 0 radical (unpaired) electrons. The molecule has 1 saturated heterocycles. The zero-order valence-electron chi connectivity index (χ0n) is 11.3. The minimum atomic E-state index is 0.0521. The fraction of sp³-hybridized carbons (Fsp3) is 0.600. The van der Waals surface area contributed by atoms with E-state index in [0.717, 1.165) is 18.2 Å². The Morgan fingerprint density at radius 1 is 1.26 bits per heavy atom.